The van der Waals surface area contributed by atoms with E-state index in [0.717, 1.165) is 72.1 Å². The molecule has 0 aliphatic carbocycles. The number of fused-ring (bicyclic) bond motifs is 2. The number of rotatable bonds is 17. The van der Waals surface area contributed by atoms with E-state index in [9.17, 15) is 18.4 Å². The Morgan fingerprint density at radius 2 is 1.07 bits per heavy atom. The van der Waals surface area contributed by atoms with E-state index >= 15 is 0 Å². The Kier molecular flexibility index (Phi) is 16.3. The minimum Gasteiger partial charge on any atom is -0.476 e. The zero-order chi connectivity index (χ0) is 49.4. The van der Waals surface area contributed by atoms with Gasteiger partial charge in [-0.25, -0.2) is 13.6 Å². The van der Waals surface area contributed by atoms with Gasteiger partial charge >= 0.3 is 5.97 Å². The Morgan fingerprint density at radius 3 is 1.54 bits per heavy atom. The highest BCUT2D eigenvalue weighted by molar-refractivity contribution is 5.91. The minimum absolute atomic E-state index is 0.0607. The van der Waals surface area contributed by atoms with Crippen LogP contribution in [-0.2, 0) is 39.0 Å². The van der Waals surface area contributed by atoms with Crippen molar-refractivity contribution in [3.8, 4) is 22.5 Å². The van der Waals surface area contributed by atoms with Gasteiger partial charge in [0.05, 0.1) is 53.1 Å². The molecule has 0 saturated carbocycles. The van der Waals surface area contributed by atoms with Crippen molar-refractivity contribution in [2.75, 3.05) is 0 Å². The van der Waals surface area contributed by atoms with Gasteiger partial charge in [-0.05, 0) is 111 Å². The van der Waals surface area contributed by atoms with E-state index in [4.69, 9.17) is 10.8 Å². The lowest BCUT2D eigenvalue weighted by Crippen LogP contribution is -2.23. The van der Waals surface area contributed by atoms with Crippen LogP contribution in [0.25, 0.3) is 44.6 Å². The lowest BCUT2D eigenvalue weighted by atomic mass is 10.1. The number of amides is 1. The predicted molar refractivity (Wildman–Crippen MR) is 259 cm³/mol. The third-order valence-electron chi connectivity index (χ3n) is 10.9. The minimum atomic E-state index is -1.09. The second-order valence-electron chi connectivity index (χ2n) is 16.1. The molecule has 71 heavy (non-hydrogen) atoms. The van der Waals surface area contributed by atoms with Crippen LogP contribution >= 0.6 is 0 Å². The molecule has 0 aliphatic heterocycles. The molecule has 10 aromatic rings. The molecule has 0 bridgehead atoms. The maximum absolute atomic E-state index is 14.1. The zero-order valence-electron chi connectivity index (χ0n) is 38.2. The summed E-state index contributed by atoms with van der Waals surface area (Å²) in [6, 6.07) is 32.1. The largest absolute Gasteiger partial charge is 0.476 e. The van der Waals surface area contributed by atoms with Crippen molar-refractivity contribution >= 4 is 33.9 Å². The summed E-state index contributed by atoms with van der Waals surface area (Å²) >= 11 is 0. The first-order valence-corrected chi connectivity index (χ1v) is 22.7. The molecule has 0 saturated heterocycles. The SMILES string of the molecule is NCc1ccccn1.O=C(NCc1ccccn1)c1cn(CCCCc2cc3cc(-c4ccccc4F)[nH]c3nn2)nn1.O=C(O)c1cn(CCCCc2cc3cc(-c4ccccc4F)[nH]c3nn2)nn1. The third kappa shape index (κ3) is 13.4. The molecule has 19 nitrogen and oxygen atoms in total. The Balaban J connectivity index is 0.000000167. The van der Waals surface area contributed by atoms with Crippen LogP contribution in [-0.4, -0.2) is 87.3 Å². The first kappa shape index (κ1) is 48.5. The topological polar surface area (TPSA) is 263 Å². The summed E-state index contributed by atoms with van der Waals surface area (Å²) in [4.78, 5) is 37.4. The quantitative estimate of drug-likeness (QED) is 0.0560. The van der Waals surface area contributed by atoms with E-state index in [1.807, 2.05) is 60.7 Å². The second-order valence-corrected chi connectivity index (χ2v) is 16.1. The summed E-state index contributed by atoms with van der Waals surface area (Å²) in [6.45, 7) is 2.08. The molecule has 6 N–H and O–H groups in total. The van der Waals surface area contributed by atoms with Crippen LogP contribution in [0, 0.1) is 11.6 Å². The number of H-pyrrole nitrogens is 2. The van der Waals surface area contributed by atoms with Gasteiger partial charge in [0.1, 0.15) is 11.6 Å². The van der Waals surface area contributed by atoms with Crippen LogP contribution in [0.5, 0.6) is 0 Å². The Hall–Kier alpha value is -8.98. The molecule has 8 aromatic heterocycles. The lowest BCUT2D eigenvalue weighted by molar-refractivity contribution is 0.0690. The van der Waals surface area contributed by atoms with E-state index < -0.39 is 5.97 Å². The molecule has 0 atom stereocenters. The summed E-state index contributed by atoms with van der Waals surface area (Å²) < 4.78 is 31.2. The van der Waals surface area contributed by atoms with Gasteiger partial charge in [-0.15, -0.1) is 20.4 Å². The van der Waals surface area contributed by atoms with E-state index in [1.54, 1.807) is 59.7 Å². The fourth-order valence-electron chi connectivity index (χ4n) is 7.30. The molecule has 2 aromatic carbocycles. The van der Waals surface area contributed by atoms with Crippen LogP contribution in [0.2, 0.25) is 0 Å². The number of nitrogens with two attached hydrogens (primary N) is 1. The molecule has 0 spiro atoms. The number of halogens is 2. The van der Waals surface area contributed by atoms with Gasteiger partial charge in [0.25, 0.3) is 5.91 Å². The number of aromatic amines is 2. The molecule has 360 valence electrons. The molecular weight excluding hydrogens is 911 g/mol. The van der Waals surface area contributed by atoms with Crippen molar-refractivity contribution < 1.29 is 23.5 Å². The first-order chi connectivity index (χ1) is 34.7. The average molecular weight is 959 g/mol. The highest BCUT2D eigenvalue weighted by atomic mass is 19.1. The highest BCUT2D eigenvalue weighted by Crippen LogP contribution is 2.27. The summed E-state index contributed by atoms with van der Waals surface area (Å²) in [5.41, 5.74) is 12.5. The van der Waals surface area contributed by atoms with Gasteiger partial charge in [0.2, 0.25) is 0 Å². The fourth-order valence-corrected chi connectivity index (χ4v) is 7.30. The predicted octanol–water partition coefficient (Wildman–Crippen LogP) is 7.32. The fraction of sp³-hybridized carbons (Fsp3) is 0.200. The Morgan fingerprint density at radius 1 is 0.577 bits per heavy atom. The number of aromatic nitrogens is 14. The molecule has 0 radical (unpaired) electrons. The number of carbonyl (C=O) groups is 2. The number of carboxylic acids is 1. The number of hydrogen-bond donors (Lipinski definition) is 5. The van der Waals surface area contributed by atoms with Gasteiger partial charge in [-0.2, -0.15) is 10.2 Å². The molecular formula is C50H48F2N16O3. The molecule has 0 fully saturated rings. The third-order valence-corrected chi connectivity index (χ3v) is 10.9. The van der Waals surface area contributed by atoms with E-state index in [2.05, 4.69) is 66.3 Å². The number of nitrogens with zero attached hydrogens (tertiary/aromatic N) is 12. The van der Waals surface area contributed by atoms with Gasteiger partial charge in [-0.1, -0.05) is 46.8 Å². The smallest absolute Gasteiger partial charge is 0.358 e. The van der Waals surface area contributed by atoms with Crippen molar-refractivity contribution in [3.05, 3.63) is 180 Å². The number of aromatic carboxylic acids is 1. The van der Waals surface area contributed by atoms with E-state index in [0.29, 0.717) is 60.0 Å². The Bertz CT molecular complexity index is 3320. The highest BCUT2D eigenvalue weighted by Gasteiger charge is 2.14. The van der Waals surface area contributed by atoms with Gasteiger partial charge < -0.3 is 26.1 Å². The van der Waals surface area contributed by atoms with Gasteiger partial charge in [-0.3, -0.25) is 24.1 Å². The van der Waals surface area contributed by atoms with Crippen LogP contribution in [0.3, 0.4) is 0 Å². The van der Waals surface area contributed by atoms with Gasteiger partial charge in [0.15, 0.2) is 22.7 Å². The number of aryl methyl sites for hydroxylation is 4. The molecule has 0 aliphatic rings. The maximum Gasteiger partial charge on any atom is 0.358 e. The van der Waals surface area contributed by atoms with Crippen LogP contribution in [0.4, 0.5) is 8.78 Å². The monoisotopic (exact) mass is 958 g/mol. The maximum atomic E-state index is 14.1. The zero-order valence-corrected chi connectivity index (χ0v) is 38.2. The number of carboxylic acid groups (broad SMARTS) is 1. The molecule has 1 amide bonds. The first-order valence-electron chi connectivity index (χ1n) is 22.7. The van der Waals surface area contributed by atoms with Crippen molar-refractivity contribution in [2.45, 2.75) is 64.7 Å². The number of pyridine rings is 2. The van der Waals surface area contributed by atoms with Crippen molar-refractivity contribution in [1.82, 2.24) is 75.6 Å². The standard InChI is InChI=1S/C25H23FN8O.C19H17FN6O2.C6H8N2/c26-21-10-2-1-9-20(21)22-14-17-13-18(30-32-24(17)29-22)7-4-6-12-34-16-23(31-33-34)25(35)28-15-19-8-3-5-11-27-19;20-15-7-2-1-6-14(15)16-10-12-9-13(22-24-18(12)21-16)5-3-4-8-26-11-17(19(27)28)23-25-26;7-5-6-3-1-2-4-8-6/h1-3,5,8-11,13-14,16H,4,6-7,12,15H2,(H,28,35)(H,29,32);1-2,6-7,9-11H,3-5,8H2,(H,21,24)(H,27,28);1-4H,5,7H2. The molecule has 10 rings (SSSR count). The van der Waals surface area contributed by atoms with Gasteiger partial charge in [0, 0.05) is 53.9 Å². The van der Waals surface area contributed by atoms with Crippen LogP contribution in [0.15, 0.2) is 134 Å². The summed E-state index contributed by atoms with van der Waals surface area (Å²) in [5.74, 6) is -1.95. The number of carbonyl (C=O) groups excluding carboxylic acids is 1. The molecule has 21 heteroatoms. The van der Waals surface area contributed by atoms with Crippen molar-refractivity contribution in [3.63, 3.8) is 0 Å². The van der Waals surface area contributed by atoms with E-state index in [1.165, 1.54) is 23.0 Å². The number of hydrogen-bond acceptors (Lipinski definition) is 13. The van der Waals surface area contributed by atoms with Crippen molar-refractivity contribution in [2.24, 2.45) is 5.73 Å². The molecule has 0 unspecified atom stereocenters. The average Bonchev–Trinajstić information content (AvgIpc) is 4.24. The summed E-state index contributed by atoms with van der Waals surface area (Å²) in [7, 11) is 0. The Labute approximate surface area is 404 Å². The lowest BCUT2D eigenvalue weighted by Gasteiger charge is -2.02. The van der Waals surface area contributed by atoms with Crippen molar-refractivity contribution in [1.29, 1.82) is 0 Å². The number of benzene rings is 2. The van der Waals surface area contributed by atoms with Crippen LogP contribution in [0.1, 0.15) is 69.4 Å². The summed E-state index contributed by atoms with van der Waals surface area (Å²) in [5, 5.41) is 45.7. The second kappa shape index (κ2) is 23.8. The number of unbranched alkanes of at least 4 members (excludes halogenated alkanes) is 2. The normalized spacial score (nSPS) is 10.9. The molecule has 8 heterocycles. The van der Waals surface area contributed by atoms with E-state index in [-0.39, 0.29) is 28.9 Å². The number of nitrogens with one attached hydrogen (secondary N) is 3. The van der Waals surface area contributed by atoms with Crippen LogP contribution < -0.4 is 11.1 Å². The summed E-state index contributed by atoms with van der Waals surface area (Å²) in [6.07, 6.45) is 11.3.